The van der Waals surface area contributed by atoms with E-state index in [1.54, 1.807) is 11.8 Å². The van der Waals surface area contributed by atoms with E-state index >= 15 is 0 Å². The Morgan fingerprint density at radius 3 is 2.71 bits per heavy atom. The van der Waals surface area contributed by atoms with Crippen LogP contribution in [0, 0.1) is 6.92 Å². The van der Waals surface area contributed by atoms with Crippen molar-refractivity contribution < 1.29 is 0 Å². The maximum absolute atomic E-state index is 5.49. The predicted octanol–water partition coefficient (Wildman–Crippen LogP) is 2.02. The maximum atomic E-state index is 5.49. The van der Waals surface area contributed by atoms with Gasteiger partial charge in [0.15, 0.2) is 5.16 Å². The number of thioether (sulfide) groups is 1. The van der Waals surface area contributed by atoms with Crippen LogP contribution in [0.3, 0.4) is 0 Å². The molecule has 0 aliphatic carbocycles. The van der Waals surface area contributed by atoms with Crippen molar-refractivity contribution in [3.8, 4) is 5.69 Å². The van der Waals surface area contributed by atoms with Gasteiger partial charge in [-0.25, -0.2) is 0 Å². The van der Waals surface area contributed by atoms with E-state index in [0.29, 0.717) is 6.54 Å². The highest BCUT2D eigenvalue weighted by Crippen LogP contribution is 2.21. The van der Waals surface area contributed by atoms with E-state index in [0.717, 1.165) is 28.8 Å². The average molecular weight is 248 g/mol. The van der Waals surface area contributed by atoms with E-state index < -0.39 is 0 Å². The fraction of sp³-hybridized carbons (Fsp3) is 0.333. The molecule has 4 nitrogen and oxygen atoms in total. The number of nitrogens with two attached hydrogens (primary N) is 1. The first-order chi connectivity index (χ1) is 8.33. The van der Waals surface area contributed by atoms with Crippen LogP contribution in [0.5, 0.6) is 0 Å². The summed E-state index contributed by atoms with van der Waals surface area (Å²) < 4.78 is 2.07. The molecule has 17 heavy (non-hydrogen) atoms. The summed E-state index contributed by atoms with van der Waals surface area (Å²) in [6.07, 6.45) is 0.991. The zero-order valence-corrected chi connectivity index (χ0v) is 10.7. The lowest BCUT2D eigenvalue weighted by atomic mass is 10.3. The first kappa shape index (κ1) is 12.1. The summed E-state index contributed by atoms with van der Waals surface area (Å²) in [4.78, 5) is 0. The van der Waals surface area contributed by atoms with Crippen LogP contribution < -0.4 is 5.73 Å². The largest absolute Gasteiger partial charge is 0.330 e. The van der Waals surface area contributed by atoms with Gasteiger partial charge in [0.25, 0.3) is 0 Å². The van der Waals surface area contributed by atoms with Crippen molar-refractivity contribution in [1.82, 2.24) is 14.8 Å². The van der Waals surface area contributed by atoms with Gasteiger partial charge in [-0.1, -0.05) is 30.0 Å². The highest BCUT2D eigenvalue weighted by molar-refractivity contribution is 7.99. The summed E-state index contributed by atoms with van der Waals surface area (Å²) in [6, 6.07) is 10.2. The third-order valence-corrected chi connectivity index (χ3v) is 3.40. The molecule has 0 aliphatic rings. The SMILES string of the molecule is Cc1nnc(SCCCN)n1-c1ccccc1. The maximum Gasteiger partial charge on any atom is 0.195 e. The van der Waals surface area contributed by atoms with E-state index in [-0.39, 0.29) is 0 Å². The van der Waals surface area contributed by atoms with Crippen LogP contribution >= 0.6 is 11.8 Å². The van der Waals surface area contributed by atoms with Crippen molar-refractivity contribution in [3.05, 3.63) is 36.2 Å². The lowest BCUT2D eigenvalue weighted by Gasteiger charge is -2.07. The van der Waals surface area contributed by atoms with Crippen LogP contribution in [0.2, 0.25) is 0 Å². The van der Waals surface area contributed by atoms with Gasteiger partial charge in [0.1, 0.15) is 5.82 Å². The summed E-state index contributed by atoms with van der Waals surface area (Å²) in [7, 11) is 0. The highest BCUT2D eigenvalue weighted by atomic mass is 32.2. The van der Waals surface area contributed by atoms with Gasteiger partial charge in [0, 0.05) is 11.4 Å². The number of aromatic nitrogens is 3. The first-order valence-corrected chi connectivity index (χ1v) is 6.62. The fourth-order valence-corrected chi connectivity index (χ4v) is 2.52. The lowest BCUT2D eigenvalue weighted by molar-refractivity contribution is 0.862. The third-order valence-electron chi connectivity index (χ3n) is 2.39. The fourth-order valence-electron chi connectivity index (χ4n) is 1.56. The zero-order chi connectivity index (χ0) is 12.1. The molecule has 0 unspecified atom stereocenters. The monoisotopic (exact) mass is 248 g/mol. The van der Waals surface area contributed by atoms with Crippen molar-refractivity contribution in [2.75, 3.05) is 12.3 Å². The molecule has 2 aromatic rings. The van der Waals surface area contributed by atoms with Gasteiger partial charge in [0.05, 0.1) is 0 Å². The van der Waals surface area contributed by atoms with Crippen LogP contribution in [-0.2, 0) is 0 Å². The average Bonchev–Trinajstić information content (AvgIpc) is 2.72. The molecule has 0 amide bonds. The van der Waals surface area contributed by atoms with Crippen LogP contribution in [0.25, 0.3) is 5.69 Å². The Kier molecular flexibility index (Phi) is 4.17. The Hall–Kier alpha value is -1.33. The highest BCUT2D eigenvalue weighted by Gasteiger charge is 2.10. The molecule has 5 heteroatoms. The molecule has 0 fully saturated rings. The molecule has 2 N–H and O–H groups in total. The smallest absolute Gasteiger partial charge is 0.195 e. The Labute approximate surface area is 105 Å². The van der Waals surface area contributed by atoms with Gasteiger partial charge in [-0.15, -0.1) is 10.2 Å². The van der Waals surface area contributed by atoms with E-state index in [1.165, 1.54) is 0 Å². The number of hydrogen-bond donors (Lipinski definition) is 1. The molecular weight excluding hydrogens is 232 g/mol. The number of rotatable bonds is 5. The van der Waals surface area contributed by atoms with Gasteiger partial charge >= 0.3 is 0 Å². The van der Waals surface area contributed by atoms with Crippen LogP contribution in [0.1, 0.15) is 12.2 Å². The molecule has 1 aromatic heterocycles. The Morgan fingerprint density at radius 1 is 1.24 bits per heavy atom. The summed E-state index contributed by atoms with van der Waals surface area (Å²) >= 11 is 1.70. The molecule has 90 valence electrons. The standard InChI is InChI=1S/C12H16N4S/c1-10-14-15-12(17-9-5-8-13)16(10)11-6-3-2-4-7-11/h2-4,6-7H,5,8-9,13H2,1H3. The number of hydrogen-bond acceptors (Lipinski definition) is 4. The van der Waals surface area contributed by atoms with Crippen LogP contribution in [0.15, 0.2) is 35.5 Å². The third kappa shape index (κ3) is 2.87. The van der Waals surface area contributed by atoms with Gasteiger partial charge in [0.2, 0.25) is 0 Å². The minimum Gasteiger partial charge on any atom is -0.330 e. The topological polar surface area (TPSA) is 56.7 Å². The first-order valence-electron chi connectivity index (χ1n) is 5.63. The van der Waals surface area contributed by atoms with E-state index in [2.05, 4.69) is 26.9 Å². The second-order valence-corrected chi connectivity index (χ2v) is 4.75. The molecule has 0 radical (unpaired) electrons. The van der Waals surface area contributed by atoms with Crippen molar-refractivity contribution in [2.45, 2.75) is 18.5 Å². The molecule has 0 bridgehead atoms. The summed E-state index contributed by atoms with van der Waals surface area (Å²) in [5.41, 5.74) is 6.59. The number of para-hydroxylation sites is 1. The minimum absolute atomic E-state index is 0.714. The Balaban J connectivity index is 2.24. The number of aryl methyl sites for hydroxylation is 1. The van der Waals surface area contributed by atoms with E-state index in [1.807, 2.05) is 25.1 Å². The zero-order valence-electron chi connectivity index (χ0n) is 9.84. The number of benzene rings is 1. The van der Waals surface area contributed by atoms with Gasteiger partial charge in [-0.2, -0.15) is 0 Å². The summed E-state index contributed by atoms with van der Waals surface area (Å²) in [5, 5.41) is 9.26. The molecule has 0 aliphatic heterocycles. The number of nitrogens with zero attached hydrogens (tertiary/aromatic N) is 3. The van der Waals surface area contributed by atoms with Gasteiger partial charge in [-0.05, 0) is 32.0 Å². The second kappa shape index (κ2) is 5.84. The summed E-state index contributed by atoms with van der Waals surface area (Å²) in [5.74, 6) is 1.88. The lowest BCUT2D eigenvalue weighted by Crippen LogP contribution is -2.02. The molecule has 0 saturated carbocycles. The molecule has 2 rings (SSSR count). The van der Waals surface area contributed by atoms with Crippen LogP contribution in [-0.4, -0.2) is 27.1 Å². The summed E-state index contributed by atoms with van der Waals surface area (Å²) in [6.45, 7) is 2.68. The Morgan fingerprint density at radius 2 is 2.00 bits per heavy atom. The van der Waals surface area contributed by atoms with Crippen molar-refractivity contribution in [3.63, 3.8) is 0 Å². The van der Waals surface area contributed by atoms with Gasteiger partial charge < -0.3 is 5.73 Å². The molecule has 0 atom stereocenters. The molecule has 1 heterocycles. The van der Waals surface area contributed by atoms with Crippen molar-refractivity contribution in [1.29, 1.82) is 0 Å². The predicted molar refractivity (Wildman–Crippen MR) is 70.5 cm³/mol. The Bertz CT molecular complexity index is 467. The van der Waals surface area contributed by atoms with Crippen LogP contribution in [0.4, 0.5) is 0 Å². The van der Waals surface area contributed by atoms with Crippen molar-refractivity contribution >= 4 is 11.8 Å². The van der Waals surface area contributed by atoms with Crippen molar-refractivity contribution in [2.24, 2.45) is 5.73 Å². The van der Waals surface area contributed by atoms with Gasteiger partial charge in [-0.3, -0.25) is 4.57 Å². The minimum atomic E-state index is 0.714. The van der Waals surface area contributed by atoms with E-state index in [4.69, 9.17) is 5.73 Å². The molecule has 1 aromatic carbocycles. The molecule has 0 spiro atoms. The quantitative estimate of drug-likeness (QED) is 0.649. The van der Waals surface area contributed by atoms with E-state index in [9.17, 15) is 0 Å². The normalized spacial score (nSPS) is 10.7. The second-order valence-electron chi connectivity index (χ2n) is 3.69. The molecular formula is C12H16N4S. The molecule has 0 saturated heterocycles.